The summed E-state index contributed by atoms with van der Waals surface area (Å²) >= 11 is 0. The highest BCUT2D eigenvalue weighted by molar-refractivity contribution is 5.43. The Morgan fingerprint density at radius 3 is 2.37 bits per heavy atom. The van der Waals surface area contributed by atoms with E-state index in [0.717, 1.165) is 35.7 Å². The quantitative estimate of drug-likeness (QED) is 0.601. The predicted octanol–water partition coefficient (Wildman–Crippen LogP) is 4.66. The van der Waals surface area contributed by atoms with Crippen LogP contribution in [0.5, 0.6) is 11.5 Å². The van der Waals surface area contributed by atoms with Gasteiger partial charge in [-0.1, -0.05) is 42.0 Å². The maximum absolute atomic E-state index is 5.99. The van der Waals surface area contributed by atoms with Gasteiger partial charge in [-0.15, -0.1) is 0 Å². The Hall–Kier alpha value is -2.85. The first-order valence-corrected chi connectivity index (χ1v) is 9.28. The first-order valence-electron chi connectivity index (χ1n) is 9.28. The van der Waals surface area contributed by atoms with Crippen LogP contribution < -0.4 is 14.8 Å². The van der Waals surface area contributed by atoms with E-state index in [9.17, 15) is 0 Å². The highest BCUT2D eigenvalue weighted by Crippen LogP contribution is 2.29. The number of nitrogens with zero attached hydrogens (tertiary/aromatic N) is 1. The second-order valence-electron chi connectivity index (χ2n) is 6.45. The second kappa shape index (κ2) is 9.74. The monoisotopic (exact) mass is 362 g/mol. The van der Waals surface area contributed by atoms with Crippen LogP contribution in [0, 0.1) is 6.92 Å². The van der Waals surface area contributed by atoms with Crippen molar-refractivity contribution in [1.29, 1.82) is 0 Å². The third kappa shape index (κ3) is 5.83. The molecule has 27 heavy (non-hydrogen) atoms. The summed E-state index contributed by atoms with van der Waals surface area (Å²) in [4.78, 5) is 4.13. The molecule has 3 aromatic rings. The number of nitrogens with one attached hydrogen (secondary N) is 1. The van der Waals surface area contributed by atoms with E-state index < -0.39 is 0 Å². The summed E-state index contributed by atoms with van der Waals surface area (Å²) in [6, 6.07) is 18.5. The first-order chi connectivity index (χ1) is 13.2. The van der Waals surface area contributed by atoms with Gasteiger partial charge in [-0.2, -0.15) is 0 Å². The van der Waals surface area contributed by atoms with Crippen LogP contribution in [0.25, 0.3) is 0 Å². The fourth-order valence-corrected chi connectivity index (χ4v) is 2.75. The molecule has 0 aliphatic carbocycles. The molecule has 0 radical (unpaired) electrons. The van der Waals surface area contributed by atoms with Crippen LogP contribution in [0.15, 0.2) is 67.0 Å². The van der Waals surface area contributed by atoms with E-state index in [-0.39, 0.29) is 0 Å². The van der Waals surface area contributed by atoms with Crippen molar-refractivity contribution in [2.24, 2.45) is 0 Å². The third-order valence-corrected chi connectivity index (χ3v) is 4.20. The van der Waals surface area contributed by atoms with Crippen molar-refractivity contribution >= 4 is 0 Å². The van der Waals surface area contributed by atoms with Crippen molar-refractivity contribution < 1.29 is 9.47 Å². The normalized spacial score (nSPS) is 10.6. The van der Waals surface area contributed by atoms with Gasteiger partial charge in [-0.05, 0) is 48.7 Å². The number of benzene rings is 2. The smallest absolute Gasteiger partial charge is 0.161 e. The molecule has 0 spiro atoms. The molecule has 0 atom stereocenters. The van der Waals surface area contributed by atoms with Crippen molar-refractivity contribution in [2.45, 2.75) is 33.5 Å². The molecule has 0 unspecified atom stereocenters. The average Bonchev–Trinajstić information content (AvgIpc) is 2.70. The minimum absolute atomic E-state index is 0.527. The highest BCUT2D eigenvalue weighted by Gasteiger charge is 2.07. The van der Waals surface area contributed by atoms with E-state index in [2.05, 4.69) is 53.6 Å². The minimum Gasteiger partial charge on any atom is -0.490 e. The summed E-state index contributed by atoms with van der Waals surface area (Å²) in [6.45, 7) is 6.74. The van der Waals surface area contributed by atoms with Gasteiger partial charge in [-0.25, -0.2) is 0 Å². The Labute approximate surface area is 161 Å². The molecule has 0 aliphatic heterocycles. The maximum atomic E-state index is 5.99. The summed E-state index contributed by atoms with van der Waals surface area (Å²) in [5.74, 6) is 1.55. The first kappa shape index (κ1) is 18.9. The SMILES string of the molecule is CCOc1cc(CNCc2cccnc2)ccc1OCc1ccc(C)cc1. The fourth-order valence-electron chi connectivity index (χ4n) is 2.75. The van der Waals surface area contributed by atoms with E-state index >= 15 is 0 Å². The highest BCUT2D eigenvalue weighted by atomic mass is 16.5. The Morgan fingerprint density at radius 1 is 0.852 bits per heavy atom. The van der Waals surface area contributed by atoms with Crippen LogP contribution in [0.1, 0.15) is 29.2 Å². The Kier molecular flexibility index (Phi) is 6.83. The van der Waals surface area contributed by atoms with E-state index in [1.54, 1.807) is 6.20 Å². The molecule has 0 amide bonds. The molecule has 1 heterocycles. The molecule has 0 bridgehead atoms. The van der Waals surface area contributed by atoms with Crippen molar-refractivity contribution in [3.05, 3.63) is 89.2 Å². The number of ether oxygens (including phenoxy) is 2. The lowest BCUT2D eigenvalue weighted by Crippen LogP contribution is -2.13. The minimum atomic E-state index is 0.527. The molecule has 4 heteroatoms. The molecule has 140 valence electrons. The van der Waals surface area contributed by atoms with Gasteiger partial charge in [0.25, 0.3) is 0 Å². The number of rotatable bonds is 9. The van der Waals surface area contributed by atoms with Crippen LogP contribution in [0.2, 0.25) is 0 Å². The van der Waals surface area contributed by atoms with Gasteiger partial charge in [0.15, 0.2) is 11.5 Å². The lowest BCUT2D eigenvalue weighted by atomic mass is 10.1. The standard InChI is InChI=1S/C23H26N2O2/c1-3-26-23-13-20(14-25-16-21-5-4-12-24-15-21)10-11-22(23)27-17-19-8-6-18(2)7-9-19/h4-13,15,25H,3,14,16-17H2,1-2H3. The second-order valence-corrected chi connectivity index (χ2v) is 6.45. The predicted molar refractivity (Wildman–Crippen MR) is 108 cm³/mol. The van der Waals surface area contributed by atoms with Crippen molar-refractivity contribution in [3.8, 4) is 11.5 Å². The molecule has 1 N–H and O–H groups in total. The van der Waals surface area contributed by atoms with Gasteiger partial charge in [0, 0.05) is 25.5 Å². The third-order valence-electron chi connectivity index (χ3n) is 4.20. The number of hydrogen-bond acceptors (Lipinski definition) is 4. The van der Waals surface area contributed by atoms with Gasteiger partial charge < -0.3 is 14.8 Å². The summed E-state index contributed by atoms with van der Waals surface area (Å²) in [5.41, 5.74) is 4.72. The van der Waals surface area contributed by atoms with Crippen LogP contribution >= 0.6 is 0 Å². The molecule has 2 aromatic carbocycles. The van der Waals surface area contributed by atoms with E-state index in [4.69, 9.17) is 9.47 Å². The molecule has 0 aliphatic rings. The van der Waals surface area contributed by atoms with E-state index in [1.165, 1.54) is 11.1 Å². The van der Waals surface area contributed by atoms with Gasteiger partial charge >= 0.3 is 0 Å². The Balaban J connectivity index is 1.60. The lowest BCUT2D eigenvalue weighted by Gasteiger charge is -2.14. The Morgan fingerprint density at radius 2 is 1.63 bits per heavy atom. The molecular formula is C23H26N2O2. The molecule has 0 fully saturated rings. The summed E-state index contributed by atoms with van der Waals surface area (Å²) in [6.07, 6.45) is 3.66. The lowest BCUT2D eigenvalue weighted by molar-refractivity contribution is 0.269. The van der Waals surface area contributed by atoms with Gasteiger partial charge in [0.1, 0.15) is 6.61 Å². The van der Waals surface area contributed by atoms with Crippen LogP contribution in [-0.2, 0) is 19.7 Å². The Bertz CT molecular complexity index is 833. The number of pyridine rings is 1. The van der Waals surface area contributed by atoms with Crippen molar-refractivity contribution in [1.82, 2.24) is 10.3 Å². The molecule has 1 aromatic heterocycles. The molecular weight excluding hydrogens is 336 g/mol. The van der Waals surface area contributed by atoms with Crippen molar-refractivity contribution in [2.75, 3.05) is 6.61 Å². The van der Waals surface area contributed by atoms with Gasteiger partial charge in [0.2, 0.25) is 0 Å². The fraction of sp³-hybridized carbons (Fsp3) is 0.261. The van der Waals surface area contributed by atoms with Gasteiger partial charge in [0.05, 0.1) is 6.61 Å². The molecule has 4 nitrogen and oxygen atoms in total. The number of aryl methyl sites for hydroxylation is 1. The summed E-state index contributed by atoms with van der Waals surface area (Å²) in [5, 5.41) is 3.43. The topological polar surface area (TPSA) is 43.4 Å². The maximum Gasteiger partial charge on any atom is 0.161 e. The molecule has 0 saturated carbocycles. The molecule has 0 saturated heterocycles. The van der Waals surface area contributed by atoms with Crippen LogP contribution in [-0.4, -0.2) is 11.6 Å². The number of hydrogen-bond donors (Lipinski definition) is 1. The summed E-state index contributed by atoms with van der Waals surface area (Å²) in [7, 11) is 0. The average molecular weight is 362 g/mol. The van der Waals surface area contributed by atoms with E-state index in [0.29, 0.717) is 13.2 Å². The van der Waals surface area contributed by atoms with Crippen LogP contribution in [0.4, 0.5) is 0 Å². The zero-order valence-corrected chi connectivity index (χ0v) is 15.9. The number of aromatic nitrogens is 1. The zero-order chi connectivity index (χ0) is 18.9. The van der Waals surface area contributed by atoms with E-state index in [1.807, 2.05) is 31.3 Å². The van der Waals surface area contributed by atoms with Gasteiger partial charge in [-0.3, -0.25) is 4.98 Å². The largest absolute Gasteiger partial charge is 0.490 e. The van der Waals surface area contributed by atoms with Crippen molar-refractivity contribution in [3.63, 3.8) is 0 Å². The zero-order valence-electron chi connectivity index (χ0n) is 15.9. The van der Waals surface area contributed by atoms with Crippen LogP contribution in [0.3, 0.4) is 0 Å². The summed E-state index contributed by atoms with van der Waals surface area (Å²) < 4.78 is 11.8. The molecule has 3 rings (SSSR count).